The van der Waals surface area contributed by atoms with Crippen molar-refractivity contribution in [1.29, 1.82) is 0 Å². The quantitative estimate of drug-likeness (QED) is 0.658. The molecule has 3 heterocycles. The largest absolute Gasteiger partial charge is 0.381 e. The van der Waals surface area contributed by atoms with E-state index in [0.717, 1.165) is 6.42 Å². The highest BCUT2D eigenvalue weighted by atomic mass is 35.5. The van der Waals surface area contributed by atoms with Crippen LogP contribution < -0.4 is 4.72 Å². The van der Waals surface area contributed by atoms with Gasteiger partial charge in [-0.15, -0.1) is 10.2 Å². The molecular formula is C17H25ClN6O4S. The van der Waals surface area contributed by atoms with Gasteiger partial charge in [0.1, 0.15) is 17.2 Å². The maximum atomic E-state index is 13.1. The molecule has 10 nitrogen and oxygen atoms in total. The molecule has 0 saturated carbocycles. The van der Waals surface area contributed by atoms with Crippen LogP contribution in [-0.2, 0) is 19.5 Å². The van der Waals surface area contributed by atoms with E-state index in [1.54, 1.807) is 4.57 Å². The van der Waals surface area contributed by atoms with E-state index in [1.165, 1.54) is 26.4 Å². The fraction of sp³-hybridized carbons (Fsp3) is 0.647. The molecule has 1 aliphatic rings. The van der Waals surface area contributed by atoms with Gasteiger partial charge in [0.25, 0.3) is 0 Å². The lowest BCUT2D eigenvalue weighted by atomic mass is 10.1. The molecule has 160 valence electrons. The Bertz CT molecular complexity index is 928. The average Bonchev–Trinajstić information content (AvgIpc) is 3.33. The van der Waals surface area contributed by atoms with Gasteiger partial charge in [-0.3, -0.25) is 9.29 Å². The molecule has 0 spiro atoms. The normalized spacial score (nSPS) is 19.4. The number of methoxy groups -OCH3 is 1. The molecule has 2 unspecified atom stereocenters. The number of anilines is 1. The lowest BCUT2D eigenvalue weighted by molar-refractivity contribution is 0.0950. The zero-order valence-electron chi connectivity index (χ0n) is 16.7. The van der Waals surface area contributed by atoms with Crippen LogP contribution >= 0.6 is 11.6 Å². The van der Waals surface area contributed by atoms with Gasteiger partial charge in [0.15, 0.2) is 5.82 Å². The van der Waals surface area contributed by atoms with Gasteiger partial charge in [-0.2, -0.15) is 0 Å². The first-order valence-corrected chi connectivity index (χ1v) is 11.2. The van der Waals surface area contributed by atoms with Gasteiger partial charge in [0, 0.05) is 38.1 Å². The molecule has 0 amide bonds. The van der Waals surface area contributed by atoms with Crippen molar-refractivity contribution in [3.05, 3.63) is 29.1 Å². The monoisotopic (exact) mass is 444 g/mol. The van der Waals surface area contributed by atoms with Crippen LogP contribution in [0.5, 0.6) is 0 Å². The second-order valence-corrected chi connectivity index (χ2v) is 9.65. The van der Waals surface area contributed by atoms with Gasteiger partial charge in [-0.25, -0.2) is 18.4 Å². The molecule has 1 aliphatic heterocycles. The third-order valence-electron chi connectivity index (χ3n) is 4.83. The average molecular weight is 445 g/mol. The SMILES string of the molecule is COC(c1ncc(Cl)cn1)C(C)S(=O)(=O)Nc1nnc([C@@H]2CCOC2)n1C(C)C. The molecule has 29 heavy (non-hydrogen) atoms. The number of nitrogens with one attached hydrogen (secondary N) is 1. The first kappa shape index (κ1) is 21.9. The number of hydrogen-bond acceptors (Lipinski definition) is 8. The number of rotatable bonds is 8. The lowest BCUT2D eigenvalue weighted by Gasteiger charge is -2.23. The molecule has 1 N–H and O–H groups in total. The van der Waals surface area contributed by atoms with E-state index in [1.807, 2.05) is 13.8 Å². The summed E-state index contributed by atoms with van der Waals surface area (Å²) in [6.45, 7) is 6.63. The predicted octanol–water partition coefficient (Wildman–Crippen LogP) is 2.32. The molecule has 3 atom stereocenters. The maximum absolute atomic E-state index is 13.1. The van der Waals surface area contributed by atoms with Gasteiger partial charge >= 0.3 is 0 Å². The Hall–Kier alpha value is -1.82. The molecule has 0 aliphatic carbocycles. The van der Waals surface area contributed by atoms with Crippen LogP contribution in [0, 0.1) is 0 Å². The third-order valence-corrected chi connectivity index (χ3v) is 6.72. The first-order chi connectivity index (χ1) is 13.7. The Morgan fingerprint density at radius 3 is 2.52 bits per heavy atom. The van der Waals surface area contributed by atoms with Gasteiger partial charge in [0.05, 0.1) is 11.6 Å². The van der Waals surface area contributed by atoms with Crippen molar-refractivity contribution in [3.8, 4) is 0 Å². The summed E-state index contributed by atoms with van der Waals surface area (Å²) < 4.78 is 41.3. The van der Waals surface area contributed by atoms with Crippen LogP contribution in [-0.4, -0.2) is 58.7 Å². The van der Waals surface area contributed by atoms with Crippen molar-refractivity contribution < 1.29 is 17.9 Å². The Morgan fingerprint density at radius 1 is 1.28 bits per heavy atom. The highest BCUT2D eigenvalue weighted by molar-refractivity contribution is 7.93. The first-order valence-electron chi connectivity index (χ1n) is 9.29. The molecule has 0 aromatic carbocycles. The van der Waals surface area contributed by atoms with E-state index in [2.05, 4.69) is 24.9 Å². The fourth-order valence-corrected chi connectivity index (χ4v) is 4.49. The summed E-state index contributed by atoms with van der Waals surface area (Å²) >= 11 is 5.82. The number of ether oxygens (including phenoxy) is 2. The summed E-state index contributed by atoms with van der Waals surface area (Å²) in [4.78, 5) is 8.17. The van der Waals surface area contributed by atoms with Crippen molar-refractivity contribution >= 4 is 27.6 Å². The Kier molecular flexibility index (Phi) is 6.72. The van der Waals surface area contributed by atoms with E-state index >= 15 is 0 Å². The number of hydrogen-bond donors (Lipinski definition) is 1. The molecule has 0 bridgehead atoms. The molecule has 1 fully saturated rings. The zero-order valence-corrected chi connectivity index (χ0v) is 18.3. The Morgan fingerprint density at radius 2 is 1.97 bits per heavy atom. The van der Waals surface area contributed by atoms with E-state index in [0.29, 0.717) is 24.1 Å². The molecule has 2 aromatic rings. The van der Waals surface area contributed by atoms with Crippen molar-refractivity contribution in [1.82, 2.24) is 24.7 Å². The molecule has 12 heteroatoms. The number of nitrogens with zero attached hydrogens (tertiary/aromatic N) is 5. The predicted molar refractivity (Wildman–Crippen MR) is 107 cm³/mol. The fourth-order valence-electron chi connectivity index (χ4n) is 3.26. The highest BCUT2D eigenvalue weighted by Crippen LogP contribution is 2.30. The Labute approximate surface area is 175 Å². The van der Waals surface area contributed by atoms with Crippen molar-refractivity contribution in [2.45, 2.75) is 50.5 Å². The minimum absolute atomic E-state index is 0.0357. The minimum atomic E-state index is -3.89. The topological polar surface area (TPSA) is 121 Å². The van der Waals surface area contributed by atoms with Crippen LogP contribution in [0.1, 0.15) is 56.9 Å². The molecule has 0 radical (unpaired) electrons. The van der Waals surface area contributed by atoms with Gasteiger partial charge in [-0.05, 0) is 27.2 Å². The second kappa shape index (κ2) is 8.90. The van der Waals surface area contributed by atoms with Gasteiger partial charge in [-0.1, -0.05) is 11.6 Å². The Balaban J connectivity index is 1.87. The molecule has 2 aromatic heterocycles. The lowest BCUT2D eigenvalue weighted by Crippen LogP contribution is -2.33. The van der Waals surface area contributed by atoms with Gasteiger partial charge in [0.2, 0.25) is 16.0 Å². The standard InChI is InChI=1S/C17H25ClN6O4S/c1-10(2)24-16(12-5-6-28-9-12)21-22-17(24)23-29(25,26)11(3)14(27-4)15-19-7-13(18)8-20-15/h7-8,10-12,14H,5-6,9H2,1-4H3,(H,22,23)/t11?,12-,14?/m1/s1. The van der Waals surface area contributed by atoms with Crippen molar-refractivity contribution in [2.75, 3.05) is 25.0 Å². The summed E-state index contributed by atoms with van der Waals surface area (Å²) in [7, 11) is -2.49. The number of aromatic nitrogens is 5. The zero-order chi connectivity index (χ0) is 21.2. The number of sulfonamides is 1. The van der Waals surface area contributed by atoms with Gasteiger partial charge < -0.3 is 9.47 Å². The molecule has 3 rings (SSSR count). The van der Waals surface area contributed by atoms with Crippen LogP contribution in [0.2, 0.25) is 5.02 Å². The van der Waals surface area contributed by atoms with E-state index in [9.17, 15) is 8.42 Å². The minimum Gasteiger partial charge on any atom is -0.381 e. The summed E-state index contributed by atoms with van der Waals surface area (Å²) in [5.41, 5.74) is 0. The van der Waals surface area contributed by atoms with E-state index in [4.69, 9.17) is 21.1 Å². The second-order valence-electron chi connectivity index (χ2n) is 7.17. The highest BCUT2D eigenvalue weighted by Gasteiger charge is 2.35. The van der Waals surface area contributed by atoms with Crippen molar-refractivity contribution in [3.63, 3.8) is 0 Å². The maximum Gasteiger partial charge on any atom is 0.240 e. The summed E-state index contributed by atoms with van der Waals surface area (Å²) in [6.07, 6.45) is 2.73. The third kappa shape index (κ3) is 4.68. The van der Waals surface area contributed by atoms with Crippen molar-refractivity contribution in [2.24, 2.45) is 0 Å². The van der Waals surface area contributed by atoms with Crippen LogP contribution in [0.25, 0.3) is 0 Å². The van der Waals surface area contributed by atoms with Crippen LogP contribution in [0.3, 0.4) is 0 Å². The van der Waals surface area contributed by atoms with Crippen LogP contribution in [0.15, 0.2) is 12.4 Å². The van der Waals surface area contributed by atoms with E-state index in [-0.39, 0.29) is 23.7 Å². The van der Waals surface area contributed by atoms with Crippen LogP contribution in [0.4, 0.5) is 5.95 Å². The van der Waals surface area contributed by atoms with E-state index < -0.39 is 21.4 Å². The number of halogens is 1. The summed E-state index contributed by atoms with van der Waals surface area (Å²) in [6, 6.07) is -0.0357. The molecule has 1 saturated heterocycles. The molecular weight excluding hydrogens is 420 g/mol. The summed E-state index contributed by atoms with van der Waals surface area (Å²) in [5.74, 6) is 1.20. The smallest absolute Gasteiger partial charge is 0.240 e. The summed E-state index contributed by atoms with van der Waals surface area (Å²) in [5, 5.41) is 7.68.